The van der Waals surface area contributed by atoms with Gasteiger partial charge in [-0.15, -0.1) is 0 Å². The Labute approximate surface area is 214 Å². The number of rotatable bonds is 12. The highest BCUT2D eigenvalue weighted by Crippen LogP contribution is 2.28. The van der Waals surface area contributed by atoms with Crippen LogP contribution >= 0.6 is 0 Å². The molecule has 4 N–H and O–H groups in total. The van der Waals surface area contributed by atoms with Crippen molar-refractivity contribution in [2.45, 2.75) is 45.2 Å². The van der Waals surface area contributed by atoms with Gasteiger partial charge >= 0.3 is 5.97 Å². The van der Waals surface area contributed by atoms with Crippen molar-refractivity contribution in [2.24, 2.45) is 5.92 Å². The van der Waals surface area contributed by atoms with Crippen LogP contribution in [-0.4, -0.2) is 68.8 Å². The van der Waals surface area contributed by atoms with E-state index in [1.165, 1.54) is 0 Å². The maximum absolute atomic E-state index is 13.0. The van der Waals surface area contributed by atoms with Crippen LogP contribution < -0.4 is 10.6 Å². The molecule has 37 heavy (non-hydrogen) atoms. The van der Waals surface area contributed by atoms with Crippen LogP contribution in [0.3, 0.4) is 0 Å². The largest absolute Gasteiger partial charge is 0.480 e. The van der Waals surface area contributed by atoms with Gasteiger partial charge in [-0.05, 0) is 41.7 Å². The molecule has 2 heterocycles. The molecule has 0 fully saturated rings. The van der Waals surface area contributed by atoms with Gasteiger partial charge in [0.25, 0.3) is 11.8 Å². The average molecular weight is 506 g/mol. The zero-order chi connectivity index (χ0) is 26.5. The fourth-order valence-electron chi connectivity index (χ4n) is 4.55. The van der Waals surface area contributed by atoms with Crippen LogP contribution in [0.4, 0.5) is 0 Å². The van der Waals surface area contributed by atoms with Crippen LogP contribution in [0.15, 0.2) is 48.9 Å². The first-order valence-corrected chi connectivity index (χ1v) is 12.4. The van der Waals surface area contributed by atoms with Crippen LogP contribution in [0, 0.1) is 5.92 Å². The van der Waals surface area contributed by atoms with Gasteiger partial charge < -0.3 is 15.4 Å². The summed E-state index contributed by atoms with van der Waals surface area (Å²) < 4.78 is 0. The van der Waals surface area contributed by atoms with Gasteiger partial charge in [-0.2, -0.15) is 0 Å². The SMILES string of the molecule is CC(C)C[C@H](N[C@H](CCN1C(=O)c2cc3ccccc3cc2C1=O)C(=O)O)C(=O)NCCc1c[nH]cn1. The van der Waals surface area contributed by atoms with Crippen LogP contribution in [0.2, 0.25) is 0 Å². The van der Waals surface area contributed by atoms with Crippen molar-refractivity contribution < 1.29 is 24.3 Å². The minimum atomic E-state index is -1.15. The predicted molar refractivity (Wildman–Crippen MR) is 137 cm³/mol. The third-order valence-electron chi connectivity index (χ3n) is 6.44. The first-order valence-electron chi connectivity index (χ1n) is 12.4. The van der Waals surface area contributed by atoms with E-state index in [1.807, 2.05) is 38.1 Å². The van der Waals surface area contributed by atoms with Gasteiger partial charge in [0.1, 0.15) is 6.04 Å². The Morgan fingerprint density at radius 2 is 1.70 bits per heavy atom. The molecule has 0 unspecified atom stereocenters. The molecular formula is C27H31N5O5. The van der Waals surface area contributed by atoms with Gasteiger partial charge in [-0.25, -0.2) is 4.98 Å². The number of aliphatic carboxylic acids is 1. The van der Waals surface area contributed by atoms with Crippen LogP contribution in [0.5, 0.6) is 0 Å². The molecule has 0 bridgehead atoms. The number of nitrogens with zero attached hydrogens (tertiary/aromatic N) is 2. The number of carboxylic acids is 1. The van der Waals surface area contributed by atoms with E-state index in [4.69, 9.17) is 0 Å². The first-order chi connectivity index (χ1) is 17.7. The monoisotopic (exact) mass is 505 g/mol. The molecule has 0 saturated heterocycles. The van der Waals surface area contributed by atoms with Crippen molar-refractivity contribution in [2.75, 3.05) is 13.1 Å². The van der Waals surface area contributed by atoms with E-state index in [2.05, 4.69) is 20.6 Å². The number of hydrogen-bond acceptors (Lipinski definition) is 6. The number of aromatic amines is 1. The molecule has 0 spiro atoms. The summed E-state index contributed by atoms with van der Waals surface area (Å²) in [6.07, 6.45) is 4.25. The molecule has 1 aromatic heterocycles. The quantitative estimate of drug-likeness (QED) is 0.277. The molecular weight excluding hydrogens is 474 g/mol. The number of carbonyl (C=O) groups excluding carboxylic acids is 3. The standard InChI is InChI=1S/C27H31N5O5/c1-16(2)11-23(24(33)29-9-7-19-14-28-15-30-19)31-22(27(36)37)8-10-32-25(34)20-12-17-5-3-4-6-18(17)13-21(20)26(32)35/h3-6,12-16,22-23,31H,7-11H2,1-2H3,(H,28,30)(H,29,33)(H,36,37)/t22-,23+/m1/s1. The minimum absolute atomic E-state index is 0.0323. The van der Waals surface area contributed by atoms with Crippen LogP contribution in [0.25, 0.3) is 10.8 Å². The van der Waals surface area contributed by atoms with Crippen molar-refractivity contribution >= 4 is 34.5 Å². The van der Waals surface area contributed by atoms with E-state index in [0.717, 1.165) is 21.4 Å². The summed E-state index contributed by atoms with van der Waals surface area (Å²) in [5.74, 6) is -2.20. The minimum Gasteiger partial charge on any atom is -0.480 e. The molecule has 0 saturated carbocycles. The van der Waals surface area contributed by atoms with Gasteiger partial charge in [0.15, 0.2) is 0 Å². The molecule has 10 heteroatoms. The summed E-state index contributed by atoms with van der Waals surface area (Å²) >= 11 is 0. The van der Waals surface area contributed by atoms with E-state index < -0.39 is 29.9 Å². The molecule has 0 aliphatic carbocycles. The van der Waals surface area contributed by atoms with E-state index in [9.17, 15) is 24.3 Å². The van der Waals surface area contributed by atoms with Crippen molar-refractivity contribution in [3.8, 4) is 0 Å². The number of imide groups is 1. The maximum Gasteiger partial charge on any atom is 0.320 e. The number of carboxylic acid groups (broad SMARTS) is 1. The lowest BCUT2D eigenvalue weighted by Crippen LogP contribution is -2.52. The molecule has 0 radical (unpaired) electrons. The number of fused-ring (bicyclic) bond motifs is 2. The zero-order valence-corrected chi connectivity index (χ0v) is 20.9. The molecule has 1 aliphatic heterocycles. The van der Waals surface area contributed by atoms with Crippen molar-refractivity contribution in [3.63, 3.8) is 0 Å². The van der Waals surface area contributed by atoms with Crippen molar-refractivity contribution in [3.05, 3.63) is 65.7 Å². The number of benzene rings is 2. The molecule has 3 amide bonds. The molecule has 10 nitrogen and oxygen atoms in total. The summed E-state index contributed by atoms with van der Waals surface area (Å²) in [5.41, 5.74) is 1.45. The third kappa shape index (κ3) is 6.03. The van der Waals surface area contributed by atoms with E-state index in [1.54, 1.807) is 24.7 Å². The normalized spacial score (nSPS) is 14.7. The van der Waals surface area contributed by atoms with Crippen molar-refractivity contribution in [1.82, 2.24) is 25.5 Å². The first kappa shape index (κ1) is 26.0. The van der Waals surface area contributed by atoms with E-state index in [0.29, 0.717) is 30.5 Å². The Hall–Kier alpha value is -4.05. The smallest absolute Gasteiger partial charge is 0.320 e. The van der Waals surface area contributed by atoms with Gasteiger partial charge in [0, 0.05) is 25.7 Å². The highest BCUT2D eigenvalue weighted by molar-refractivity contribution is 6.23. The maximum atomic E-state index is 13.0. The molecule has 1 aliphatic rings. The number of aromatic nitrogens is 2. The number of hydrogen-bond donors (Lipinski definition) is 4. The average Bonchev–Trinajstić information content (AvgIpc) is 3.46. The second-order valence-corrected chi connectivity index (χ2v) is 9.64. The molecule has 3 aromatic rings. The molecule has 4 rings (SSSR count). The topological polar surface area (TPSA) is 144 Å². The van der Waals surface area contributed by atoms with Gasteiger partial charge in [0.2, 0.25) is 5.91 Å². The van der Waals surface area contributed by atoms with Gasteiger partial charge in [-0.3, -0.25) is 29.4 Å². The zero-order valence-electron chi connectivity index (χ0n) is 20.9. The fraction of sp³-hybridized carbons (Fsp3) is 0.370. The van der Waals surface area contributed by atoms with Crippen molar-refractivity contribution in [1.29, 1.82) is 0 Å². The van der Waals surface area contributed by atoms with Gasteiger partial charge in [0.05, 0.1) is 29.2 Å². The Morgan fingerprint density at radius 1 is 1.05 bits per heavy atom. The Bertz CT molecular complexity index is 1250. The lowest BCUT2D eigenvalue weighted by molar-refractivity contribution is -0.140. The lowest BCUT2D eigenvalue weighted by atomic mass is 10.0. The number of amides is 3. The Morgan fingerprint density at radius 3 is 2.24 bits per heavy atom. The molecule has 2 atom stereocenters. The second-order valence-electron chi connectivity index (χ2n) is 9.64. The second kappa shape index (κ2) is 11.3. The summed E-state index contributed by atoms with van der Waals surface area (Å²) in [7, 11) is 0. The number of nitrogens with one attached hydrogen (secondary N) is 3. The highest BCUT2D eigenvalue weighted by atomic mass is 16.4. The third-order valence-corrected chi connectivity index (χ3v) is 6.44. The Kier molecular flexibility index (Phi) is 7.98. The number of carbonyl (C=O) groups is 4. The Balaban J connectivity index is 1.41. The number of H-pyrrole nitrogens is 1. The predicted octanol–water partition coefficient (Wildman–Crippen LogP) is 2.37. The van der Waals surface area contributed by atoms with E-state index in [-0.39, 0.29) is 24.8 Å². The van der Waals surface area contributed by atoms with Crippen LogP contribution in [-0.2, 0) is 16.0 Å². The number of imidazole rings is 1. The molecule has 2 aromatic carbocycles. The van der Waals surface area contributed by atoms with Crippen LogP contribution in [0.1, 0.15) is 53.1 Å². The highest BCUT2D eigenvalue weighted by Gasteiger charge is 2.37. The van der Waals surface area contributed by atoms with Gasteiger partial charge in [-0.1, -0.05) is 38.1 Å². The fourth-order valence-corrected chi connectivity index (χ4v) is 4.55. The molecule has 194 valence electrons. The summed E-state index contributed by atoms with van der Waals surface area (Å²) in [5, 5.41) is 17.3. The summed E-state index contributed by atoms with van der Waals surface area (Å²) in [6.45, 7) is 4.18. The summed E-state index contributed by atoms with van der Waals surface area (Å²) in [4.78, 5) is 59.0. The van der Waals surface area contributed by atoms with E-state index >= 15 is 0 Å². The lowest BCUT2D eigenvalue weighted by Gasteiger charge is -2.25. The summed E-state index contributed by atoms with van der Waals surface area (Å²) in [6, 6.07) is 8.99.